The van der Waals surface area contributed by atoms with Crippen LogP contribution in [0, 0.1) is 0 Å². The number of nitrogens with one attached hydrogen (secondary N) is 2. The van der Waals surface area contributed by atoms with Gasteiger partial charge in [-0.05, 0) is 31.5 Å². The molecule has 11 nitrogen and oxygen atoms in total. The number of hydrogen-bond donors (Lipinski definition) is 2. The summed E-state index contributed by atoms with van der Waals surface area (Å²) in [7, 11) is -3.49. The van der Waals surface area contributed by atoms with Crippen molar-refractivity contribution in [3.63, 3.8) is 0 Å². The van der Waals surface area contributed by atoms with E-state index in [1.165, 1.54) is 28.8 Å². The Labute approximate surface area is 184 Å². The van der Waals surface area contributed by atoms with Gasteiger partial charge in [-0.15, -0.1) is 0 Å². The second-order valence-corrected chi connectivity index (χ2v) is 8.99. The Morgan fingerprint density at radius 3 is 2.62 bits per heavy atom. The fourth-order valence-electron chi connectivity index (χ4n) is 3.33. The zero-order valence-electron chi connectivity index (χ0n) is 18.0. The van der Waals surface area contributed by atoms with Gasteiger partial charge in [-0.25, -0.2) is 23.0 Å². The standard InChI is InChI=1S/C20H25N5O6S/c1-4-6-10-25-17-16(18(26)22-20(25)28)24(5-2)15(21-17)12-31-19(27)13-8-7-9-14(11-13)23-32(3,29)30/h7-9,11,23H,4-6,10,12H2,1-3H3,(H,22,26,28). The van der Waals surface area contributed by atoms with Crippen molar-refractivity contribution in [1.82, 2.24) is 19.1 Å². The first-order valence-corrected chi connectivity index (χ1v) is 12.0. The van der Waals surface area contributed by atoms with Crippen LogP contribution in [0.25, 0.3) is 11.2 Å². The van der Waals surface area contributed by atoms with Crippen LogP contribution >= 0.6 is 0 Å². The summed E-state index contributed by atoms with van der Waals surface area (Å²) in [5.74, 6) is -0.364. The number of fused-ring (bicyclic) bond motifs is 1. The number of sulfonamides is 1. The van der Waals surface area contributed by atoms with E-state index >= 15 is 0 Å². The van der Waals surface area contributed by atoms with Crippen LogP contribution in [0.15, 0.2) is 33.9 Å². The van der Waals surface area contributed by atoms with Crippen molar-refractivity contribution in [2.45, 2.75) is 46.4 Å². The summed E-state index contributed by atoms with van der Waals surface area (Å²) >= 11 is 0. The number of nitrogens with zero attached hydrogens (tertiary/aromatic N) is 3. The van der Waals surface area contributed by atoms with Gasteiger partial charge in [0.25, 0.3) is 5.56 Å². The zero-order chi connectivity index (χ0) is 23.5. The van der Waals surface area contributed by atoms with Crippen LogP contribution in [0.1, 0.15) is 42.9 Å². The lowest BCUT2D eigenvalue weighted by Crippen LogP contribution is -2.31. The average Bonchev–Trinajstić information content (AvgIpc) is 3.09. The summed E-state index contributed by atoms with van der Waals surface area (Å²) in [5, 5.41) is 0. The van der Waals surface area contributed by atoms with E-state index in [-0.39, 0.29) is 29.0 Å². The van der Waals surface area contributed by atoms with Crippen LogP contribution < -0.4 is 16.0 Å². The number of aromatic nitrogens is 4. The molecule has 0 saturated carbocycles. The first kappa shape index (κ1) is 23.3. The van der Waals surface area contributed by atoms with Gasteiger partial charge in [0, 0.05) is 18.8 Å². The molecule has 0 amide bonds. The lowest BCUT2D eigenvalue weighted by Gasteiger charge is -2.08. The molecule has 0 spiro atoms. The van der Waals surface area contributed by atoms with Crippen molar-refractivity contribution in [2.75, 3.05) is 11.0 Å². The molecular weight excluding hydrogens is 438 g/mol. The molecule has 2 heterocycles. The number of anilines is 1. The molecular formula is C20H25N5O6S. The third kappa shape index (κ3) is 5.07. The van der Waals surface area contributed by atoms with Crippen molar-refractivity contribution < 1.29 is 17.9 Å². The second kappa shape index (κ2) is 9.39. The van der Waals surface area contributed by atoms with Crippen molar-refractivity contribution in [3.8, 4) is 0 Å². The van der Waals surface area contributed by atoms with E-state index in [0.717, 1.165) is 19.1 Å². The Morgan fingerprint density at radius 1 is 1.22 bits per heavy atom. The smallest absolute Gasteiger partial charge is 0.338 e. The van der Waals surface area contributed by atoms with E-state index in [1.807, 2.05) is 13.8 Å². The summed E-state index contributed by atoms with van der Waals surface area (Å²) in [4.78, 5) is 44.0. The Bertz CT molecular complexity index is 1370. The lowest BCUT2D eigenvalue weighted by molar-refractivity contribution is 0.0458. The molecule has 0 unspecified atom stereocenters. The molecule has 12 heteroatoms. The van der Waals surface area contributed by atoms with Gasteiger partial charge in [-0.1, -0.05) is 19.4 Å². The van der Waals surface area contributed by atoms with Crippen LogP contribution in [0.3, 0.4) is 0 Å². The highest BCUT2D eigenvalue weighted by molar-refractivity contribution is 7.92. The number of imidazole rings is 1. The van der Waals surface area contributed by atoms with Crippen LogP contribution in [0.4, 0.5) is 5.69 Å². The molecule has 0 aliphatic carbocycles. The van der Waals surface area contributed by atoms with Crippen molar-refractivity contribution in [1.29, 1.82) is 0 Å². The Morgan fingerprint density at radius 2 is 1.97 bits per heavy atom. The van der Waals surface area contributed by atoms with E-state index in [9.17, 15) is 22.8 Å². The van der Waals surface area contributed by atoms with Gasteiger partial charge in [0.05, 0.1) is 11.8 Å². The van der Waals surface area contributed by atoms with E-state index in [1.54, 1.807) is 4.57 Å². The third-order valence-corrected chi connectivity index (χ3v) is 5.36. The fraction of sp³-hybridized carbons (Fsp3) is 0.400. The molecule has 0 bridgehead atoms. The van der Waals surface area contributed by atoms with Crippen molar-refractivity contribution in [3.05, 3.63) is 56.5 Å². The fourth-order valence-corrected chi connectivity index (χ4v) is 3.88. The highest BCUT2D eigenvalue weighted by Gasteiger charge is 2.19. The number of carbonyl (C=O) groups excluding carboxylic acids is 1. The van der Waals surface area contributed by atoms with Gasteiger partial charge in [0.2, 0.25) is 10.0 Å². The van der Waals surface area contributed by atoms with Crippen LogP contribution in [-0.4, -0.2) is 39.7 Å². The highest BCUT2D eigenvalue weighted by atomic mass is 32.2. The maximum atomic E-state index is 12.5. The number of rotatable bonds is 9. The Hall–Kier alpha value is -3.41. The number of aromatic amines is 1. The van der Waals surface area contributed by atoms with Crippen LogP contribution in [-0.2, 0) is 34.5 Å². The number of esters is 1. The topological polar surface area (TPSA) is 145 Å². The summed E-state index contributed by atoms with van der Waals surface area (Å²) in [6.07, 6.45) is 2.61. The lowest BCUT2D eigenvalue weighted by atomic mass is 10.2. The number of hydrogen-bond acceptors (Lipinski definition) is 7. The maximum absolute atomic E-state index is 12.5. The first-order valence-electron chi connectivity index (χ1n) is 10.1. The highest BCUT2D eigenvalue weighted by Crippen LogP contribution is 2.16. The largest absolute Gasteiger partial charge is 0.454 e. The van der Waals surface area contributed by atoms with Gasteiger partial charge < -0.3 is 9.30 Å². The first-order chi connectivity index (χ1) is 15.1. The molecule has 0 atom stereocenters. The summed E-state index contributed by atoms with van der Waals surface area (Å²) in [6.45, 7) is 4.36. The van der Waals surface area contributed by atoms with Crippen molar-refractivity contribution >= 4 is 32.8 Å². The minimum Gasteiger partial charge on any atom is -0.454 e. The quantitative estimate of drug-likeness (QED) is 0.457. The Kier molecular flexibility index (Phi) is 6.82. The molecule has 0 fully saturated rings. The monoisotopic (exact) mass is 463 g/mol. The molecule has 0 aliphatic rings. The molecule has 3 rings (SSSR count). The van der Waals surface area contributed by atoms with Gasteiger partial charge in [0.15, 0.2) is 11.2 Å². The SMILES string of the molecule is CCCCn1c(=O)[nH]c(=O)c2c1nc(COC(=O)c1cccc(NS(C)(=O)=O)c1)n2CC. The predicted octanol–water partition coefficient (Wildman–Crippen LogP) is 1.43. The molecule has 32 heavy (non-hydrogen) atoms. The molecule has 172 valence electrons. The van der Waals surface area contributed by atoms with Crippen molar-refractivity contribution in [2.24, 2.45) is 0 Å². The third-order valence-electron chi connectivity index (χ3n) is 4.75. The number of ether oxygens (including phenoxy) is 1. The summed E-state index contributed by atoms with van der Waals surface area (Å²) < 4.78 is 33.5. The minimum absolute atomic E-state index is 0.149. The van der Waals surface area contributed by atoms with Gasteiger partial charge in [-0.2, -0.15) is 0 Å². The normalized spacial score (nSPS) is 11.6. The summed E-state index contributed by atoms with van der Waals surface area (Å²) in [6, 6.07) is 5.89. The van der Waals surface area contributed by atoms with E-state index < -0.39 is 27.2 Å². The molecule has 0 radical (unpaired) electrons. The predicted molar refractivity (Wildman–Crippen MR) is 119 cm³/mol. The molecule has 0 aliphatic heterocycles. The van der Waals surface area contributed by atoms with Gasteiger partial charge in [-0.3, -0.25) is 19.1 Å². The maximum Gasteiger partial charge on any atom is 0.338 e. The number of aryl methyl sites for hydroxylation is 2. The van der Waals surface area contributed by atoms with E-state index in [0.29, 0.717) is 18.9 Å². The number of benzene rings is 1. The number of carbonyl (C=O) groups is 1. The Balaban J connectivity index is 1.90. The van der Waals surface area contributed by atoms with Crippen LogP contribution in [0.5, 0.6) is 0 Å². The number of H-pyrrole nitrogens is 1. The zero-order valence-corrected chi connectivity index (χ0v) is 18.9. The summed E-state index contributed by atoms with van der Waals surface area (Å²) in [5.41, 5.74) is -0.211. The van der Waals surface area contributed by atoms with Gasteiger partial charge >= 0.3 is 11.7 Å². The average molecular weight is 464 g/mol. The molecule has 3 aromatic rings. The number of unbranched alkanes of at least 4 members (excludes halogenated alkanes) is 1. The molecule has 1 aromatic carbocycles. The minimum atomic E-state index is -3.49. The molecule has 2 aromatic heterocycles. The molecule has 2 N–H and O–H groups in total. The van der Waals surface area contributed by atoms with E-state index in [2.05, 4.69) is 14.7 Å². The van der Waals surface area contributed by atoms with Crippen LogP contribution in [0.2, 0.25) is 0 Å². The van der Waals surface area contributed by atoms with Gasteiger partial charge in [0.1, 0.15) is 12.4 Å². The van der Waals surface area contributed by atoms with E-state index in [4.69, 9.17) is 4.74 Å². The molecule has 0 saturated heterocycles. The second-order valence-electron chi connectivity index (χ2n) is 7.24.